The summed E-state index contributed by atoms with van der Waals surface area (Å²) in [5, 5.41) is 8.84. The van der Waals surface area contributed by atoms with Crippen molar-refractivity contribution >= 4 is 11.8 Å². The van der Waals surface area contributed by atoms with Crippen LogP contribution in [-0.2, 0) is 9.47 Å². The summed E-state index contributed by atoms with van der Waals surface area (Å²) in [6.07, 6.45) is 7.66. The predicted octanol–water partition coefficient (Wildman–Crippen LogP) is 1.03. The smallest absolute Gasteiger partial charge is 0.176 e. The molecule has 0 radical (unpaired) electrons. The van der Waals surface area contributed by atoms with E-state index in [0.29, 0.717) is 18.4 Å². The fourth-order valence-corrected chi connectivity index (χ4v) is 4.47. The molecule has 1 aliphatic heterocycles. The predicted molar refractivity (Wildman–Crippen MR) is 58.7 cm³/mol. The van der Waals surface area contributed by atoms with E-state index in [1.807, 2.05) is 11.8 Å². The SMILES string of the molecule is CSC12COC3(OCCO)CC1C=CC32. The van der Waals surface area contributed by atoms with Crippen molar-refractivity contribution in [3.05, 3.63) is 12.2 Å². The van der Waals surface area contributed by atoms with Gasteiger partial charge in [0.25, 0.3) is 0 Å². The van der Waals surface area contributed by atoms with Crippen LogP contribution in [0.15, 0.2) is 12.2 Å². The number of aliphatic hydroxyl groups excluding tert-OH is 1. The van der Waals surface area contributed by atoms with Crippen LogP contribution in [0, 0.1) is 11.8 Å². The quantitative estimate of drug-likeness (QED) is 0.729. The zero-order valence-corrected chi connectivity index (χ0v) is 9.63. The van der Waals surface area contributed by atoms with E-state index in [9.17, 15) is 0 Å². The fraction of sp³-hybridized carbons (Fsp3) is 0.818. The Hall–Kier alpha value is -0.0300. The van der Waals surface area contributed by atoms with E-state index >= 15 is 0 Å². The van der Waals surface area contributed by atoms with E-state index in [0.717, 1.165) is 13.0 Å². The van der Waals surface area contributed by atoms with Crippen LogP contribution in [0.5, 0.6) is 0 Å². The molecule has 4 bridgehead atoms. The standard InChI is InChI=1S/C11H16O3S/c1-15-10-7-14-11(13-5-4-12)6-8(10)2-3-9(10)11/h2-3,8-9,12H,4-7H2,1H3. The zero-order chi connectivity index (χ0) is 10.5. The second kappa shape index (κ2) is 3.23. The number of ether oxygens (including phenoxy) is 2. The van der Waals surface area contributed by atoms with Crippen molar-refractivity contribution in [2.45, 2.75) is 17.0 Å². The molecule has 1 N–H and O–H groups in total. The lowest BCUT2D eigenvalue weighted by molar-refractivity contribution is -0.234. The van der Waals surface area contributed by atoms with Gasteiger partial charge in [0.1, 0.15) is 0 Å². The molecule has 3 nitrogen and oxygen atoms in total. The monoisotopic (exact) mass is 228 g/mol. The molecule has 3 rings (SSSR count). The Morgan fingerprint density at radius 2 is 2.47 bits per heavy atom. The van der Waals surface area contributed by atoms with Gasteiger partial charge in [0.05, 0.1) is 24.6 Å². The lowest BCUT2D eigenvalue weighted by Crippen LogP contribution is -2.38. The van der Waals surface area contributed by atoms with Crippen LogP contribution >= 0.6 is 11.8 Å². The van der Waals surface area contributed by atoms with Gasteiger partial charge >= 0.3 is 0 Å². The molecule has 0 aromatic carbocycles. The number of thioether (sulfide) groups is 1. The Bertz CT molecular complexity index is 306. The maximum atomic E-state index is 8.84. The fourth-order valence-electron chi connectivity index (χ4n) is 3.32. The molecule has 0 spiro atoms. The number of aliphatic hydroxyl groups is 1. The first-order valence-electron chi connectivity index (χ1n) is 5.40. The molecular weight excluding hydrogens is 212 g/mol. The number of rotatable bonds is 4. The minimum atomic E-state index is -0.425. The van der Waals surface area contributed by atoms with Gasteiger partial charge in [-0.2, -0.15) is 11.8 Å². The van der Waals surface area contributed by atoms with Gasteiger partial charge in [-0.3, -0.25) is 0 Å². The van der Waals surface area contributed by atoms with Crippen molar-refractivity contribution in [3.63, 3.8) is 0 Å². The minimum Gasteiger partial charge on any atom is -0.394 e. The van der Waals surface area contributed by atoms with E-state index in [2.05, 4.69) is 18.4 Å². The molecule has 4 unspecified atom stereocenters. The van der Waals surface area contributed by atoms with Gasteiger partial charge in [0.2, 0.25) is 0 Å². The van der Waals surface area contributed by atoms with Crippen molar-refractivity contribution in [3.8, 4) is 0 Å². The van der Waals surface area contributed by atoms with Crippen molar-refractivity contribution in [2.75, 3.05) is 26.1 Å². The Labute approximate surface area is 93.8 Å². The highest BCUT2D eigenvalue weighted by Gasteiger charge is 2.70. The van der Waals surface area contributed by atoms with Crippen LogP contribution in [0.2, 0.25) is 0 Å². The highest BCUT2D eigenvalue weighted by atomic mass is 32.2. The van der Waals surface area contributed by atoms with Crippen LogP contribution in [0.3, 0.4) is 0 Å². The molecule has 0 amide bonds. The zero-order valence-electron chi connectivity index (χ0n) is 8.81. The summed E-state index contributed by atoms with van der Waals surface area (Å²) in [6.45, 7) is 1.22. The molecule has 15 heavy (non-hydrogen) atoms. The van der Waals surface area contributed by atoms with E-state index in [1.165, 1.54) is 0 Å². The first-order valence-corrected chi connectivity index (χ1v) is 6.62. The van der Waals surface area contributed by atoms with Gasteiger partial charge in [-0.05, 0) is 12.2 Å². The highest BCUT2D eigenvalue weighted by molar-refractivity contribution is 8.00. The molecule has 3 aliphatic rings. The molecule has 2 fully saturated rings. The average Bonchev–Trinajstić information content (AvgIpc) is 2.87. The highest BCUT2D eigenvalue weighted by Crippen LogP contribution is 2.65. The summed E-state index contributed by atoms with van der Waals surface area (Å²) in [4.78, 5) is 0. The summed E-state index contributed by atoms with van der Waals surface area (Å²) >= 11 is 1.90. The topological polar surface area (TPSA) is 38.7 Å². The summed E-state index contributed by atoms with van der Waals surface area (Å²) < 4.78 is 11.8. The molecule has 0 aromatic rings. The first kappa shape index (κ1) is 10.1. The average molecular weight is 228 g/mol. The molecule has 0 aromatic heterocycles. The Kier molecular flexibility index (Phi) is 2.19. The largest absolute Gasteiger partial charge is 0.394 e. The molecule has 1 saturated heterocycles. The summed E-state index contributed by atoms with van der Waals surface area (Å²) in [5.74, 6) is 0.534. The van der Waals surface area contributed by atoms with Crippen LogP contribution in [0.1, 0.15) is 6.42 Å². The summed E-state index contributed by atoms with van der Waals surface area (Å²) in [5.41, 5.74) is 0. The van der Waals surface area contributed by atoms with E-state index < -0.39 is 5.79 Å². The Balaban J connectivity index is 1.88. The third kappa shape index (κ3) is 1.08. The molecule has 1 saturated carbocycles. The summed E-state index contributed by atoms with van der Waals surface area (Å²) in [6, 6.07) is 0. The second-order valence-electron chi connectivity index (χ2n) is 4.50. The number of allylic oxidation sites excluding steroid dienone is 1. The normalized spacial score (nSPS) is 50.5. The Morgan fingerprint density at radius 3 is 3.13 bits per heavy atom. The minimum absolute atomic E-state index is 0.0679. The van der Waals surface area contributed by atoms with Gasteiger partial charge in [-0.1, -0.05) is 12.2 Å². The second-order valence-corrected chi connectivity index (χ2v) is 5.67. The molecule has 84 valence electrons. The molecule has 1 heterocycles. The lowest BCUT2D eigenvalue weighted by Gasteiger charge is -2.33. The van der Waals surface area contributed by atoms with Crippen molar-refractivity contribution < 1.29 is 14.6 Å². The molecule has 4 heteroatoms. The summed E-state index contributed by atoms with van der Waals surface area (Å²) in [7, 11) is 0. The number of hydrogen-bond donors (Lipinski definition) is 1. The van der Waals surface area contributed by atoms with Crippen molar-refractivity contribution in [2.24, 2.45) is 11.8 Å². The van der Waals surface area contributed by atoms with Crippen LogP contribution in [0.25, 0.3) is 0 Å². The maximum absolute atomic E-state index is 8.84. The van der Waals surface area contributed by atoms with Crippen LogP contribution < -0.4 is 0 Å². The van der Waals surface area contributed by atoms with Gasteiger partial charge in [0, 0.05) is 12.3 Å². The molecular formula is C11H16O3S. The third-order valence-corrected chi connectivity index (χ3v) is 5.46. The van der Waals surface area contributed by atoms with Gasteiger partial charge in [-0.15, -0.1) is 0 Å². The van der Waals surface area contributed by atoms with Gasteiger partial charge in [0.15, 0.2) is 5.79 Å². The van der Waals surface area contributed by atoms with E-state index in [4.69, 9.17) is 14.6 Å². The van der Waals surface area contributed by atoms with Crippen LogP contribution in [0.4, 0.5) is 0 Å². The lowest BCUT2D eigenvalue weighted by atomic mass is 9.97. The Morgan fingerprint density at radius 1 is 1.60 bits per heavy atom. The van der Waals surface area contributed by atoms with Crippen LogP contribution in [-0.4, -0.2) is 41.7 Å². The van der Waals surface area contributed by atoms with Crippen molar-refractivity contribution in [1.82, 2.24) is 0 Å². The molecule has 4 atom stereocenters. The van der Waals surface area contributed by atoms with Gasteiger partial charge in [-0.25, -0.2) is 0 Å². The third-order valence-electron chi connectivity index (χ3n) is 4.03. The molecule has 2 aliphatic carbocycles. The van der Waals surface area contributed by atoms with Crippen molar-refractivity contribution in [1.29, 1.82) is 0 Å². The first-order chi connectivity index (χ1) is 7.27. The van der Waals surface area contributed by atoms with Gasteiger partial charge < -0.3 is 14.6 Å². The van der Waals surface area contributed by atoms with E-state index in [1.54, 1.807) is 0 Å². The van der Waals surface area contributed by atoms with E-state index in [-0.39, 0.29) is 11.4 Å². The maximum Gasteiger partial charge on any atom is 0.176 e. The number of hydrogen-bond acceptors (Lipinski definition) is 4.